The normalized spacial score (nSPS) is 22.0. The van der Waals surface area contributed by atoms with E-state index in [1.807, 2.05) is 18.2 Å². The van der Waals surface area contributed by atoms with E-state index in [1.54, 1.807) is 6.07 Å². The van der Waals surface area contributed by atoms with Gasteiger partial charge in [-0.05, 0) is 43.0 Å². The van der Waals surface area contributed by atoms with E-state index in [0.29, 0.717) is 24.6 Å². The zero-order chi connectivity index (χ0) is 14.4. The molecule has 2 atom stereocenters. The molecule has 0 radical (unpaired) electrons. The molecule has 0 aliphatic heterocycles. The first-order chi connectivity index (χ1) is 9.74. The number of nitriles is 1. The Kier molecular flexibility index (Phi) is 5.14. The summed E-state index contributed by atoms with van der Waals surface area (Å²) in [4.78, 5) is 12.3. The fraction of sp³-hybridized carbons (Fsp3) is 0.500. The molecule has 0 heterocycles. The predicted octanol–water partition coefficient (Wildman–Crippen LogP) is 1.94. The molecule has 0 spiro atoms. The van der Waals surface area contributed by atoms with Crippen LogP contribution in [0, 0.1) is 23.2 Å². The molecule has 0 saturated heterocycles. The van der Waals surface area contributed by atoms with E-state index >= 15 is 0 Å². The highest BCUT2D eigenvalue weighted by atomic mass is 16.1. The maximum absolute atomic E-state index is 12.3. The number of hydrogen-bond acceptors (Lipinski definition) is 3. The van der Waals surface area contributed by atoms with Crippen molar-refractivity contribution in [1.82, 2.24) is 5.32 Å². The van der Waals surface area contributed by atoms with E-state index < -0.39 is 0 Å². The zero-order valence-corrected chi connectivity index (χ0v) is 11.6. The number of nitrogens with two attached hydrogens (primary N) is 1. The molecule has 106 valence electrons. The summed E-state index contributed by atoms with van der Waals surface area (Å²) in [6.07, 6.45) is 4.28. The van der Waals surface area contributed by atoms with Gasteiger partial charge >= 0.3 is 0 Å². The van der Waals surface area contributed by atoms with Gasteiger partial charge in [-0.1, -0.05) is 25.0 Å². The summed E-state index contributed by atoms with van der Waals surface area (Å²) < 4.78 is 0. The van der Waals surface area contributed by atoms with Crippen molar-refractivity contribution in [2.24, 2.45) is 17.6 Å². The zero-order valence-electron chi connectivity index (χ0n) is 11.6. The summed E-state index contributed by atoms with van der Waals surface area (Å²) in [5, 5.41) is 11.8. The smallest absolute Gasteiger partial charge is 0.223 e. The Labute approximate surface area is 120 Å². The lowest BCUT2D eigenvalue weighted by atomic mass is 9.79. The van der Waals surface area contributed by atoms with E-state index in [9.17, 15) is 4.79 Å². The van der Waals surface area contributed by atoms with Crippen LogP contribution in [0.2, 0.25) is 0 Å². The van der Waals surface area contributed by atoms with Gasteiger partial charge in [0.2, 0.25) is 5.91 Å². The summed E-state index contributed by atoms with van der Waals surface area (Å²) in [5.74, 6) is 0.463. The lowest BCUT2D eigenvalue weighted by molar-refractivity contribution is -0.127. The summed E-state index contributed by atoms with van der Waals surface area (Å²) in [6, 6.07) is 9.43. The number of hydrogen-bond donors (Lipinski definition) is 2. The Morgan fingerprint density at radius 1 is 1.40 bits per heavy atom. The van der Waals surface area contributed by atoms with Crippen molar-refractivity contribution < 1.29 is 4.79 Å². The van der Waals surface area contributed by atoms with E-state index in [0.717, 1.165) is 24.8 Å². The van der Waals surface area contributed by atoms with Gasteiger partial charge in [0.05, 0.1) is 11.6 Å². The Balaban J connectivity index is 1.92. The second kappa shape index (κ2) is 7.06. The van der Waals surface area contributed by atoms with E-state index in [2.05, 4.69) is 11.4 Å². The molecule has 1 aromatic carbocycles. The molecule has 0 aromatic heterocycles. The van der Waals surface area contributed by atoms with Crippen molar-refractivity contribution >= 4 is 5.91 Å². The molecule has 4 heteroatoms. The minimum atomic E-state index is 0.0490. The molecule has 1 fully saturated rings. The minimum Gasteiger partial charge on any atom is -0.352 e. The Bertz CT molecular complexity index is 507. The van der Waals surface area contributed by atoms with Crippen molar-refractivity contribution in [3.05, 3.63) is 35.4 Å². The highest BCUT2D eigenvalue weighted by Crippen LogP contribution is 2.29. The van der Waals surface area contributed by atoms with E-state index in [-0.39, 0.29) is 11.8 Å². The lowest BCUT2D eigenvalue weighted by Gasteiger charge is -2.29. The quantitative estimate of drug-likeness (QED) is 0.878. The first-order valence-electron chi connectivity index (χ1n) is 7.21. The van der Waals surface area contributed by atoms with Crippen molar-refractivity contribution in [3.63, 3.8) is 0 Å². The molecule has 1 saturated carbocycles. The molecular weight excluding hydrogens is 250 g/mol. The molecule has 2 unspecified atom stereocenters. The first-order valence-corrected chi connectivity index (χ1v) is 7.21. The van der Waals surface area contributed by atoms with Crippen LogP contribution in [0.4, 0.5) is 0 Å². The lowest BCUT2D eigenvalue weighted by Crippen LogP contribution is -2.39. The van der Waals surface area contributed by atoms with Crippen LogP contribution in [-0.2, 0) is 11.3 Å². The van der Waals surface area contributed by atoms with Crippen LogP contribution in [0.1, 0.15) is 36.8 Å². The molecule has 20 heavy (non-hydrogen) atoms. The minimum absolute atomic E-state index is 0.0490. The van der Waals surface area contributed by atoms with Gasteiger partial charge in [-0.15, -0.1) is 0 Å². The predicted molar refractivity (Wildman–Crippen MR) is 77.5 cm³/mol. The number of carbonyl (C=O) groups is 1. The van der Waals surface area contributed by atoms with Crippen LogP contribution in [0.5, 0.6) is 0 Å². The molecule has 1 amide bonds. The van der Waals surface area contributed by atoms with E-state index in [4.69, 9.17) is 11.0 Å². The Morgan fingerprint density at radius 2 is 2.20 bits per heavy atom. The van der Waals surface area contributed by atoms with Crippen LogP contribution < -0.4 is 11.1 Å². The van der Waals surface area contributed by atoms with Gasteiger partial charge in [-0.2, -0.15) is 5.26 Å². The van der Waals surface area contributed by atoms with Crippen molar-refractivity contribution in [2.45, 2.75) is 32.2 Å². The number of carbonyl (C=O) groups excluding carboxylic acids is 1. The Hall–Kier alpha value is -1.86. The maximum atomic E-state index is 12.3. The fourth-order valence-corrected chi connectivity index (χ4v) is 2.91. The third-order valence-corrected chi connectivity index (χ3v) is 4.07. The fourth-order valence-electron chi connectivity index (χ4n) is 2.91. The average Bonchev–Trinajstić information content (AvgIpc) is 2.52. The van der Waals surface area contributed by atoms with Crippen LogP contribution in [0.25, 0.3) is 0 Å². The topological polar surface area (TPSA) is 78.9 Å². The van der Waals surface area contributed by atoms with E-state index in [1.165, 1.54) is 6.42 Å². The van der Waals surface area contributed by atoms with Crippen LogP contribution in [-0.4, -0.2) is 12.5 Å². The summed E-state index contributed by atoms with van der Waals surface area (Å²) >= 11 is 0. The molecule has 2 rings (SSSR count). The van der Waals surface area contributed by atoms with Crippen LogP contribution in [0.3, 0.4) is 0 Å². The Morgan fingerprint density at radius 3 is 2.95 bits per heavy atom. The summed E-state index contributed by atoms with van der Waals surface area (Å²) in [6.45, 7) is 1.06. The SMILES string of the molecule is N#Cc1cccc(CNC(=O)C2CCCCC2CN)c1. The van der Waals surface area contributed by atoms with Gasteiger partial charge in [0.15, 0.2) is 0 Å². The van der Waals surface area contributed by atoms with Gasteiger partial charge < -0.3 is 11.1 Å². The van der Waals surface area contributed by atoms with Crippen molar-refractivity contribution in [3.8, 4) is 6.07 Å². The highest BCUT2D eigenvalue weighted by molar-refractivity contribution is 5.79. The second-order valence-electron chi connectivity index (χ2n) is 5.42. The third-order valence-electron chi connectivity index (χ3n) is 4.07. The van der Waals surface area contributed by atoms with Crippen molar-refractivity contribution in [2.75, 3.05) is 6.54 Å². The van der Waals surface area contributed by atoms with Gasteiger partial charge in [-0.3, -0.25) is 4.79 Å². The molecule has 4 nitrogen and oxygen atoms in total. The molecule has 1 aromatic rings. The standard InChI is InChI=1S/C16H21N3O/c17-9-12-4-3-5-13(8-12)11-19-16(20)15-7-2-1-6-14(15)10-18/h3-5,8,14-15H,1-2,6-7,10-11,18H2,(H,19,20). The van der Waals surface area contributed by atoms with Crippen molar-refractivity contribution in [1.29, 1.82) is 5.26 Å². The number of nitrogens with zero attached hydrogens (tertiary/aromatic N) is 1. The largest absolute Gasteiger partial charge is 0.352 e. The summed E-state index contributed by atoms with van der Waals surface area (Å²) in [5.41, 5.74) is 7.34. The van der Waals surface area contributed by atoms with Gasteiger partial charge in [0, 0.05) is 12.5 Å². The first kappa shape index (κ1) is 14.5. The van der Waals surface area contributed by atoms with Crippen LogP contribution in [0.15, 0.2) is 24.3 Å². The average molecular weight is 271 g/mol. The molecule has 0 bridgehead atoms. The molecular formula is C16H21N3O. The highest BCUT2D eigenvalue weighted by Gasteiger charge is 2.29. The van der Waals surface area contributed by atoms with Gasteiger partial charge in [0.25, 0.3) is 0 Å². The monoisotopic (exact) mass is 271 g/mol. The number of benzene rings is 1. The molecule has 1 aliphatic carbocycles. The third kappa shape index (κ3) is 3.58. The summed E-state index contributed by atoms with van der Waals surface area (Å²) in [7, 11) is 0. The number of amides is 1. The second-order valence-corrected chi connectivity index (χ2v) is 5.42. The number of nitrogens with one attached hydrogen (secondary N) is 1. The maximum Gasteiger partial charge on any atom is 0.223 e. The number of rotatable bonds is 4. The molecule has 1 aliphatic rings. The molecule has 3 N–H and O–H groups in total. The van der Waals surface area contributed by atoms with Gasteiger partial charge in [-0.25, -0.2) is 0 Å². The van der Waals surface area contributed by atoms with Crippen LogP contribution >= 0.6 is 0 Å². The van der Waals surface area contributed by atoms with Gasteiger partial charge in [0.1, 0.15) is 0 Å².